The Bertz CT molecular complexity index is 1570. The number of aromatic nitrogens is 4. The molecule has 0 unspecified atom stereocenters. The van der Waals surface area contributed by atoms with Crippen molar-refractivity contribution >= 4 is 18.2 Å². The zero-order chi connectivity index (χ0) is 29.0. The van der Waals surface area contributed by atoms with Gasteiger partial charge >= 0.3 is 0 Å². The summed E-state index contributed by atoms with van der Waals surface area (Å²) in [6.07, 6.45) is 28.4. The largest absolute Gasteiger partial charge is 0.208 e. The van der Waals surface area contributed by atoms with Crippen LogP contribution >= 0.6 is 0 Å². The number of hydrogen-bond donors (Lipinski definition) is 0. The van der Waals surface area contributed by atoms with E-state index in [0.29, 0.717) is 0 Å². The Hall–Kier alpha value is -4.70. The molecule has 5 rings (SSSR count). The summed E-state index contributed by atoms with van der Waals surface area (Å²) >= 11 is 0. The predicted octanol–water partition coefficient (Wildman–Crippen LogP) is 6.16. The summed E-state index contributed by atoms with van der Waals surface area (Å²) in [5.41, 5.74) is 7.37. The fourth-order valence-corrected chi connectivity index (χ4v) is 5.01. The highest BCUT2D eigenvalue weighted by Gasteiger charge is 2.06. The highest BCUT2D eigenvalue weighted by atomic mass is 14.9. The molecule has 0 fully saturated rings. The van der Waals surface area contributed by atoms with Gasteiger partial charge in [0.25, 0.3) is 0 Å². The molecule has 0 saturated heterocycles. The van der Waals surface area contributed by atoms with Crippen molar-refractivity contribution in [3.63, 3.8) is 0 Å². The molecule has 0 N–H and O–H groups in total. The molecule has 210 valence electrons. The van der Waals surface area contributed by atoms with Gasteiger partial charge in [0.05, 0.1) is 0 Å². The molecule has 0 aliphatic carbocycles. The number of aryl methyl sites for hydroxylation is 3. The van der Waals surface area contributed by atoms with E-state index in [1.165, 1.54) is 53.5 Å². The first-order valence-corrected chi connectivity index (χ1v) is 15.0. The second-order valence-electron chi connectivity index (χ2n) is 10.9. The van der Waals surface area contributed by atoms with Gasteiger partial charge in [0.2, 0.25) is 0 Å². The summed E-state index contributed by atoms with van der Waals surface area (Å²) in [5, 5.41) is 0. The minimum atomic E-state index is 0.862. The highest BCUT2D eigenvalue weighted by Crippen LogP contribution is 2.15. The molecule has 0 amide bonds. The smallest absolute Gasteiger partial charge is 0.173 e. The zero-order valence-electron chi connectivity index (χ0n) is 24.7. The number of hydrogen-bond acceptors (Lipinski definition) is 0. The van der Waals surface area contributed by atoms with Crippen LogP contribution in [0.5, 0.6) is 0 Å². The van der Waals surface area contributed by atoms with Crippen LogP contribution in [-0.2, 0) is 26.7 Å². The predicted molar refractivity (Wildman–Crippen MR) is 170 cm³/mol. The van der Waals surface area contributed by atoms with Gasteiger partial charge in [0.1, 0.15) is 20.1 Å². The molecule has 0 spiro atoms. The standard InChI is InChI=1S/C38H42N4/c1-3-33-8-12-36(13-9-33)32-42-28-16-35(17-29-42)11-10-34-14-26-40(27-15-34)22-6-4-5-7-23-41-30-20-38(21-31-41)37-18-24-39(2)25-19-37/h3,8-21,24-31H,1,4-7,22-23,32H2,2H3/q+4. The van der Waals surface area contributed by atoms with Gasteiger partial charge in [-0.2, -0.15) is 0 Å². The van der Waals surface area contributed by atoms with E-state index in [2.05, 4.69) is 159 Å². The fourth-order valence-electron chi connectivity index (χ4n) is 5.01. The van der Waals surface area contributed by atoms with Gasteiger partial charge in [0.15, 0.2) is 56.1 Å². The van der Waals surface area contributed by atoms with Crippen molar-refractivity contribution < 1.29 is 18.3 Å². The molecular weight excluding hydrogens is 512 g/mol. The second-order valence-corrected chi connectivity index (χ2v) is 10.9. The third kappa shape index (κ3) is 8.65. The van der Waals surface area contributed by atoms with E-state index in [1.54, 1.807) is 0 Å². The summed E-state index contributed by atoms with van der Waals surface area (Å²) < 4.78 is 8.85. The van der Waals surface area contributed by atoms with Crippen molar-refractivity contribution in [1.29, 1.82) is 0 Å². The number of rotatable bonds is 13. The monoisotopic (exact) mass is 554 g/mol. The van der Waals surface area contributed by atoms with Crippen molar-refractivity contribution in [1.82, 2.24) is 0 Å². The van der Waals surface area contributed by atoms with Crippen molar-refractivity contribution in [2.24, 2.45) is 7.05 Å². The molecule has 0 bridgehead atoms. The third-order valence-corrected chi connectivity index (χ3v) is 7.67. The first kappa shape index (κ1) is 28.8. The molecule has 0 radical (unpaired) electrons. The summed E-state index contributed by atoms with van der Waals surface area (Å²) in [4.78, 5) is 0. The van der Waals surface area contributed by atoms with Crippen LogP contribution in [0, 0.1) is 0 Å². The van der Waals surface area contributed by atoms with E-state index in [0.717, 1.165) is 25.2 Å². The van der Waals surface area contributed by atoms with Crippen LogP contribution in [0.25, 0.3) is 29.4 Å². The topological polar surface area (TPSA) is 15.5 Å². The highest BCUT2D eigenvalue weighted by molar-refractivity contribution is 5.68. The summed E-state index contributed by atoms with van der Waals surface area (Å²) in [7, 11) is 2.05. The maximum atomic E-state index is 3.82. The summed E-state index contributed by atoms with van der Waals surface area (Å²) in [5.74, 6) is 0. The minimum absolute atomic E-state index is 0.862. The Labute approximate surface area is 250 Å². The van der Waals surface area contributed by atoms with E-state index in [1.807, 2.05) is 13.1 Å². The molecule has 4 heteroatoms. The second kappa shape index (κ2) is 14.8. The molecule has 4 heterocycles. The Morgan fingerprint density at radius 1 is 0.500 bits per heavy atom. The van der Waals surface area contributed by atoms with Gasteiger partial charge in [-0.25, -0.2) is 18.3 Å². The molecule has 1 aromatic carbocycles. The molecule has 42 heavy (non-hydrogen) atoms. The lowest BCUT2D eigenvalue weighted by molar-refractivity contribution is -0.698. The SMILES string of the molecule is C=Cc1ccc(C[n+]2ccc(C=Cc3cc[n+](CCCCCC[n+]4ccc(-c5cc[n+](C)cc5)cc4)cc3)cc2)cc1. The Kier molecular flexibility index (Phi) is 10.1. The maximum Gasteiger partial charge on any atom is 0.173 e. The van der Waals surface area contributed by atoms with E-state index in [-0.39, 0.29) is 0 Å². The quantitative estimate of drug-likeness (QED) is 0.122. The van der Waals surface area contributed by atoms with Crippen LogP contribution < -0.4 is 18.3 Å². The Morgan fingerprint density at radius 3 is 1.45 bits per heavy atom. The van der Waals surface area contributed by atoms with Gasteiger partial charge in [-0.3, -0.25) is 0 Å². The Morgan fingerprint density at radius 2 is 0.952 bits per heavy atom. The van der Waals surface area contributed by atoms with Gasteiger partial charge in [-0.1, -0.05) is 49.1 Å². The normalized spacial score (nSPS) is 11.2. The zero-order valence-corrected chi connectivity index (χ0v) is 24.7. The number of benzene rings is 1. The molecule has 0 aliphatic rings. The van der Waals surface area contributed by atoms with Crippen molar-refractivity contribution in [3.8, 4) is 11.1 Å². The van der Waals surface area contributed by atoms with Crippen LogP contribution in [0.1, 0.15) is 47.9 Å². The van der Waals surface area contributed by atoms with E-state index in [9.17, 15) is 0 Å². The van der Waals surface area contributed by atoms with E-state index < -0.39 is 0 Å². The summed E-state index contributed by atoms with van der Waals surface area (Å²) in [6, 6.07) is 26.0. The molecular formula is C38H42N4+4. The molecule has 4 aromatic heterocycles. The van der Waals surface area contributed by atoms with Gasteiger partial charge in [-0.05, 0) is 40.7 Å². The van der Waals surface area contributed by atoms with E-state index >= 15 is 0 Å². The van der Waals surface area contributed by atoms with Gasteiger partial charge in [-0.15, -0.1) is 0 Å². The van der Waals surface area contributed by atoms with Crippen LogP contribution in [-0.4, -0.2) is 0 Å². The lowest BCUT2D eigenvalue weighted by Crippen LogP contribution is -2.33. The molecule has 4 nitrogen and oxygen atoms in total. The van der Waals surface area contributed by atoms with Crippen LogP contribution in [0.2, 0.25) is 0 Å². The maximum absolute atomic E-state index is 3.82. The van der Waals surface area contributed by atoms with Crippen LogP contribution in [0.15, 0.2) is 129 Å². The first-order chi connectivity index (χ1) is 20.6. The van der Waals surface area contributed by atoms with Crippen molar-refractivity contribution in [2.75, 3.05) is 0 Å². The number of pyridine rings is 4. The van der Waals surface area contributed by atoms with Crippen molar-refractivity contribution in [3.05, 3.63) is 151 Å². The fraction of sp³-hybridized carbons (Fsp3) is 0.211. The lowest BCUT2D eigenvalue weighted by Gasteiger charge is -2.01. The molecule has 0 atom stereocenters. The number of nitrogens with zero attached hydrogens (tertiary/aromatic N) is 4. The minimum Gasteiger partial charge on any atom is -0.208 e. The third-order valence-electron chi connectivity index (χ3n) is 7.67. The van der Waals surface area contributed by atoms with E-state index in [4.69, 9.17) is 0 Å². The van der Waals surface area contributed by atoms with Crippen LogP contribution in [0.4, 0.5) is 0 Å². The molecule has 0 saturated carbocycles. The molecule has 0 aliphatic heterocycles. The first-order valence-electron chi connectivity index (χ1n) is 15.0. The number of unbranched alkanes of at least 4 members (excludes halogenated alkanes) is 3. The van der Waals surface area contributed by atoms with Crippen molar-refractivity contribution in [2.45, 2.75) is 45.3 Å². The Balaban J connectivity index is 0.993. The van der Waals surface area contributed by atoms with Gasteiger partial charge in [0, 0.05) is 66.9 Å². The summed E-state index contributed by atoms with van der Waals surface area (Å²) in [6.45, 7) is 6.82. The molecule has 5 aromatic rings. The average Bonchev–Trinajstić information content (AvgIpc) is 3.04. The van der Waals surface area contributed by atoms with Crippen LogP contribution in [0.3, 0.4) is 0 Å². The lowest BCUT2D eigenvalue weighted by atomic mass is 10.1. The average molecular weight is 555 g/mol. The van der Waals surface area contributed by atoms with Gasteiger partial charge < -0.3 is 0 Å².